The highest BCUT2D eigenvalue weighted by atomic mass is 19.2. The van der Waals surface area contributed by atoms with Gasteiger partial charge in [0.2, 0.25) is 0 Å². The van der Waals surface area contributed by atoms with Crippen LogP contribution in [0.4, 0.5) is 8.78 Å². The lowest BCUT2D eigenvalue weighted by Gasteiger charge is -2.28. The van der Waals surface area contributed by atoms with E-state index < -0.39 is 11.6 Å². The molecule has 0 saturated carbocycles. The third-order valence-electron chi connectivity index (χ3n) is 4.88. The van der Waals surface area contributed by atoms with Gasteiger partial charge in [0.15, 0.2) is 11.6 Å². The largest absolute Gasteiger partial charge is 0.379 e. The predicted molar refractivity (Wildman–Crippen MR) is 97.3 cm³/mol. The van der Waals surface area contributed by atoms with Gasteiger partial charge in [-0.15, -0.1) is 0 Å². The Labute approximate surface area is 153 Å². The van der Waals surface area contributed by atoms with E-state index in [1.54, 1.807) is 7.11 Å². The van der Waals surface area contributed by atoms with Gasteiger partial charge in [0, 0.05) is 18.2 Å². The van der Waals surface area contributed by atoms with Crippen LogP contribution in [0.3, 0.4) is 0 Å². The first kappa shape index (κ1) is 20.7. The number of hydrogen-bond donors (Lipinski definition) is 0. The van der Waals surface area contributed by atoms with E-state index in [2.05, 4.69) is 10.2 Å². The molecule has 0 aliphatic rings. The summed E-state index contributed by atoms with van der Waals surface area (Å²) in [4.78, 5) is 1.49. The summed E-state index contributed by atoms with van der Waals surface area (Å²) < 4.78 is 39.1. The topological polar surface area (TPSA) is 49.2 Å². The number of benzene rings is 1. The van der Waals surface area contributed by atoms with Gasteiger partial charge in [-0.1, -0.05) is 0 Å². The normalized spacial score (nSPS) is 13.0. The van der Waals surface area contributed by atoms with Crippen LogP contribution >= 0.6 is 0 Å². The smallest absolute Gasteiger partial charge is 0.164 e. The minimum absolute atomic E-state index is 0.187. The van der Waals surface area contributed by atoms with Crippen LogP contribution in [0.5, 0.6) is 0 Å². The van der Waals surface area contributed by atoms with Gasteiger partial charge in [-0.3, -0.25) is 0 Å². The second kappa shape index (κ2) is 7.56. The summed E-state index contributed by atoms with van der Waals surface area (Å²) in [6.45, 7) is 12.2. The van der Waals surface area contributed by atoms with E-state index in [1.807, 2.05) is 27.7 Å². The van der Waals surface area contributed by atoms with Crippen LogP contribution in [0.1, 0.15) is 51.7 Å². The number of nitrogens with zero attached hydrogens (tertiary/aromatic N) is 3. The van der Waals surface area contributed by atoms with Crippen molar-refractivity contribution >= 4 is 11.0 Å². The maximum Gasteiger partial charge on any atom is 0.164 e. The highest BCUT2D eigenvalue weighted by Gasteiger charge is 2.23. The third kappa shape index (κ3) is 4.57. The zero-order valence-electron chi connectivity index (χ0n) is 16.7. The lowest BCUT2D eigenvalue weighted by Crippen LogP contribution is -2.31. The minimum atomic E-state index is -0.855. The Balaban J connectivity index is 2.05. The van der Waals surface area contributed by atoms with Crippen molar-refractivity contribution in [1.29, 1.82) is 0 Å². The summed E-state index contributed by atoms with van der Waals surface area (Å²) in [6.07, 6.45) is 1.46. The molecule has 0 atom stereocenters. The molecule has 0 bridgehead atoms. The Hall–Kier alpha value is -1.60. The molecule has 0 aliphatic heterocycles. The fourth-order valence-corrected chi connectivity index (χ4v) is 2.61. The highest BCUT2D eigenvalue weighted by Crippen LogP contribution is 2.26. The van der Waals surface area contributed by atoms with E-state index in [4.69, 9.17) is 9.47 Å². The number of halogens is 2. The van der Waals surface area contributed by atoms with Gasteiger partial charge >= 0.3 is 0 Å². The zero-order chi connectivity index (χ0) is 19.7. The maximum atomic E-state index is 13.9. The Morgan fingerprint density at radius 2 is 1.38 bits per heavy atom. The third-order valence-corrected chi connectivity index (χ3v) is 4.88. The number of hydrogen-bond acceptors (Lipinski definition) is 4. The van der Waals surface area contributed by atoms with E-state index in [0.29, 0.717) is 30.6 Å². The summed E-state index contributed by atoms with van der Waals surface area (Å²) in [5.41, 5.74) is 0.590. The first-order valence-electron chi connectivity index (χ1n) is 8.85. The van der Waals surface area contributed by atoms with E-state index in [0.717, 1.165) is 6.42 Å². The summed E-state index contributed by atoms with van der Waals surface area (Å²) in [6, 6.07) is 0. The van der Waals surface area contributed by atoms with Gasteiger partial charge in [0.05, 0.1) is 24.4 Å². The van der Waals surface area contributed by atoms with E-state index >= 15 is 0 Å². The van der Waals surface area contributed by atoms with Crippen LogP contribution in [0.2, 0.25) is 0 Å². The monoisotopic (exact) mass is 369 g/mol. The minimum Gasteiger partial charge on any atom is -0.379 e. The molecule has 0 N–H and O–H groups in total. The SMILES string of the molecule is COC(C)(C)CCOC(C)(C)CCn1nc2c(C)c(F)c(F)c(C)c2n1. The molecule has 2 rings (SSSR count). The molecule has 0 spiro atoms. The Morgan fingerprint density at radius 1 is 0.885 bits per heavy atom. The number of aryl methyl sites for hydroxylation is 3. The molecule has 1 aromatic carbocycles. The second-order valence-electron chi connectivity index (χ2n) is 7.94. The molecule has 2 aromatic rings. The summed E-state index contributed by atoms with van der Waals surface area (Å²) in [5, 5.41) is 8.67. The first-order chi connectivity index (χ1) is 12.0. The summed E-state index contributed by atoms with van der Waals surface area (Å²) >= 11 is 0. The Morgan fingerprint density at radius 3 is 1.85 bits per heavy atom. The maximum absolute atomic E-state index is 13.9. The summed E-state index contributed by atoms with van der Waals surface area (Å²) in [5.74, 6) is -1.71. The van der Waals surface area contributed by atoms with Crippen LogP contribution in [0, 0.1) is 25.5 Å². The van der Waals surface area contributed by atoms with Crippen molar-refractivity contribution in [3.05, 3.63) is 22.8 Å². The fraction of sp³-hybridized carbons (Fsp3) is 0.684. The van der Waals surface area contributed by atoms with Gasteiger partial charge in [0.25, 0.3) is 0 Å². The van der Waals surface area contributed by atoms with Crippen molar-refractivity contribution in [1.82, 2.24) is 15.0 Å². The number of fused-ring (bicyclic) bond motifs is 1. The molecule has 1 heterocycles. The molecule has 0 unspecified atom stereocenters. The quantitative estimate of drug-likeness (QED) is 0.695. The molecule has 26 heavy (non-hydrogen) atoms. The van der Waals surface area contributed by atoms with E-state index in [1.165, 1.54) is 18.6 Å². The molecular weight excluding hydrogens is 340 g/mol. The van der Waals surface area contributed by atoms with Crippen LogP contribution < -0.4 is 0 Å². The van der Waals surface area contributed by atoms with Crippen LogP contribution in [0.15, 0.2) is 0 Å². The van der Waals surface area contributed by atoms with Gasteiger partial charge < -0.3 is 9.47 Å². The lowest BCUT2D eigenvalue weighted by atomic mass is 10.0. The van der Waals surface area contributed by atoms with E-state index in [9.17, 15) is 8.78 Å². The Bertz CT molecular complexity index is 740. The van der Waals surface area contributed by atoms with Gasteiger partial charge in [-0.05, 0) is 54.4 Å². The van der Waals surface area contributed by atoms with Crippen LogP contribution in [0.25, 0.3) is 11.0 Å². The molecular formula is C19H29F2N3O2. The standard InChI is InChI=1S/C19H29F2N3O2/c1-12-14(20)15(21)13(2)17-16(12)22-24(23-17)10-8-19(5,6)26-11-9-18(3,4)25-7/h8-11H2,1-7H3. The number of ether oxygens (including phenoxy) is 2. The van der Waals surface area contributed by atoms with Crippen molar-refractivity contribution in [3.8, 4) is 0 Å². The van der Waals surface area contributed by atoms with Crippen molar-refractivity contribution in [2.24, 2.45) is 0 Å². The highest BCUT2D eigenvalue weighted by molar-refractivity contribution is 5.81. The van der Waals surface area contributed by atoms with E-state index in [-0.39, 0.29) is 22.3 Å². The molecule has 5 nitrogen and oxygen atoms in total. The van der Waals surface area contributed by atoms with Gasteiger partial charge in [-0.25, -0.2) is 8.78 Å². The fourth-order valence-electron chi connectivity index (χ4n) is 2.61. The van der Waals surface area contributed by atoms with Crippen molar-refractivity contribution in [2.75, 3.05) is 13.7 Å². The lowest BCUT2D eigenvalue weighted by molar-refractivity contribution is -0.0631. The molecule has 0 amide bonds. The van der Waals surface area contributed by atoms with Gasteiger partial charge in [0.1, 0.15) is 11.0 Å². The Kier molecular flexibility index (Phi) is 6.02. The molecule has 0 radical (unpaired) electrons. The molecule has 1 aromatic heterocycles. The van der Waals surface area contributed by atoms with Crippen LogP contribution in [-0.4, -0.2) is 39.9 Å². The number of rotatable bonds is 8. The average molecular weight is 369 g/mol. The molecule has 0 saturated heterocycles. The molecule has 7 heteroatoms. The predicted octanol–water partition coefficient (Wildman–Crippen LogP) is 4.33. The number of aromatic nitrogens is 3. The number of methoxy groups -OCH3 is 1. The van der Waals surface area contributed by atoms with Crippen LogP contribution in [-0.2, 0) is 16.0 Å². The second-order valence-corrected chi connectivity index (χ2v) is 7.94. The first-order valence-corrected chi connectivity index (χ1v) is 8.85. The zero-order valence-corrected chi connectivity index (χ0v) is 16.7. The van der Waals surface area contributed by atoms with Crippen molar-refractivity contribution in [2.45, 2.75) is 72.1 Å². The summed E-state index contributed by atoms with van der Waals surface area (Å²) in [7, 11) is 1.69. The average Bonchev–Trinajstić information content (AvgIpc) is 3.00. The molecule has 0 fully saturated rings. The van der Waals surface area contributed by atoms with Gasteiger partial charge in [-0.2, -0.15) is 15.0 Å². The molecule has 0 aliphatic carbocycles. The van der Waals surface area contributed by atoms with Crippen molar-refractivity contribution in [3.63, 3.8) is 0 Å². The molecule has 146 valence electrons. The van der Waals surface area contributed by atoms with Crippen molar-refractivity contribution < 1.29 is 18.3 Å².